The van der Waals surface area contributed by atoms with E-state index in [0.717, 1.165) is 34.0 Å². The second-order valence-electron chi connectivity index (χ2n) is 7.06. The van der Waals surface area contributed by atoms with Gasteiger partial charge in [0, 0.05) is 24.0 Å². The van der Waals surface area contributed by atoms with Crippen LogP contribution in [0.3, 0.4) is 0 Å². The number of halogens is 3. The first-order valence-electron chi connectivity index (χ1n) is 9.99. The summed E-state index contributed by atoms with van der Waals surface area (Å²) in [7, 11) is 3.35. The van der Waals surface area contributed by atoms with Crippen molar-refractivity contribution in [1.82, 2.24) is 20.4 Å². The van der Waals surface area contributed by atoms with E-state index < -0.39 is 21.2 Å². The highest BCUT2D eigenvalue weighted by molar-refractivity contribution is 6.29. The van der Waals surface area contributed by atoms with Crippen LogP contribution in [0.2, 0.25) is 10.3 Å². The number of aromatic nitrogens is 4. The van der Waals surface area contributed by atoms with Gasteiger partial charge in [0.15, 0.2) is 17.4 Å². The summed E-state index contributed by atoms with van der Waals surface area (Å²) in [4.78, 5) is 0. The number of hydrogen-bond donors (Lipinski definition) is 0. The standard InChI is InChI=1S/C24H20Cl2IN4O2/c1-32-21-7-3-17(11-15(21)13-19-5-9-23(25)30-28-19)27-18-4-8-22(33-2)16(12-18)14-20-6-10-24(26)31-29-20/h3-12H,13-14H2,1-2H3/q+1. The fourth-order valence-electron chi connectivity index (χ4n) is 3.28. The predicted octanol–water partition coefficient (Wildman–Crippen LogP) is 1.90. The molecule has 0 aliphatic rings. The number of hydrogen-bond acceptors (Lipinski definition) is 6. The quantitative estimate of drug-likeness (QED) is 0.291. The van der Waals surface area contributed by atoms with Gasteiger partial charge < -0.3 is 9.47 Å². The van der Waals surface area contributed by atoms with Gasteiger partial charge in [0.25, 0.3) is 0 Å². The van der Waals surface area contributed by atoms with Gasteiger partial charge in [-0.05, 0) is 60.7 Å². The molecule has 0 unspecified atom stereocenters. The zero-order valence-corrected chi connectivity index (χ0v) is 21.6. The van der Waals surface area contributed by atoms with Crippen LogP contribution in [0.5, 0.6) is 11.5 Å². The third kappa shape index (κ3) is 6.31. The van der Waals surface area contributed by atoms with Crippen LogP contribution in [0.4, 0.5) is 0 Å². The minimum atomic E-state index is -0.429. The lowest BCUT2D eigenvalue weighted by Gasteiger charge is -2.08. The molecule has 168 valence electrons. The van der Waals surface area contributed by atoms with Crippen LogP contribution in [-0.4, -0.2) is 34.6 Å². The Labute approximate surface area is 212 Å². The van der Waals surface area contributed by atoms with E-state index in [9.17, 15) is 0 Å². The maximum Gasteiger partial charge on any atom is 0.357 e. The van der Waals surface area contributed by atoms with Crippen LogP contribution in [0.25, 0.3) is 0 Å². The van der Waals surface area contributed by atoms with Crippen molar-refractivity contribution in [1.29, 1.82) is 0 Å². The molecule has 0 radical (unpaired) electrons. The second-order valence-corrected chi connectivity index (χ2v) is 10.9. The second kappa shape index (κ2) is 11.1. The van der Waals surface area contributed by atoms with Gasteiger partial charge in [0.1, 0.15) is 11.5 Å². The van der Waals surface area contributed by atoms with Gasteiger partial charge in [-0.3, -0.25) is 0 Å². The summed E-state index contributed by atoms with van der Waals surface area (Å²) in [5.41, 5.74) is 3.81. The minimum absolute atomic E-state index is 0.380. The molecule has 0 saturated heterocycles. The molecule has 0 spiro atoms. The molecule has 0 atom stereocenters. The number of ether oxygens (including phenoxy) is 2. The molecule has 0 N–H and O–H groups in total. The molecule has 0 saturated carbocycles. The molecule has 33 heavy (non-hydrogen) atoms. The highest BCUT2D eigenvalue weighted by atomic mass is 127. The summed E-state index contributed by atoms with van der Waals surface area (Å²) in [5, 5.41) is 17.0. The Morgan fingerprint density at radius 1 is 0.636 bits per heavy atom. The lowest BCUT2D eigenvalue weighted by molar-refractivity contribution is -0.597. The molecule has 2 heterocycles. The van der Waals surface area contributed by atoms with Gasteiger partial charge in [-0.15, -0.1) is 10.2 Å². The third-order valence-corrected chi connectivity index (χ3v) is 7.81. The number of benzene rings is 2. The molecule has 0 bridgehead atoms. The SMILES string of the molecule is COc1ccc([I+]c2ccc(OC)c(Cc3ccc(Cl)nn3)c2)cc1Cc1ccc(Cl)nn1. The molecule has 0 aliphatic heterocycles. The molecule has 9 heteroatoms. The molecule has 2 aromatic heterocycles. The lowest BCUT2D eigenvalue weighted by Crippen LogP contribution is -3.61. The van der Waals surface area contributed by atoms with Crippen molar-refractivity contribution in [3.63, 3.8) is 0 Å². The summed E-state index contributed by atoms with van der Waals surface area (Å²) >= 11 is 11.3. The summed E-state index contributed by atoms with van der Waals surface area (Å²) < 4.78 is 13.7. The Morgan fingerprint density at radius 3 is 1.45 bits per heavy atom. The molecule has 4 rings (SSSR count). The van der Waals surface area contributed by atoms with Crippen molar-refractivity contribution in [3.05, 3.63) is 101 Å². The van der Waals surface area contributed by atoms with E-state index in [1.807, 2.05) is 24.3 Å². The maximum atomic E-state index is 5.86. The number of rotatable bonds is 8. The Kier molecular flexibility index (Phi) is 7.95. The van der Waals surface area contributed by atoms with Gasteiger partial charge in [-0.2, -0.15) is 10.2 Å². The van der Waals surface area contributed by atoms with Crippen molar-refractivity contribution in [3.8, 4) is 11.5 Å². The maximum absolute atomic E-state index is 5.86. The first-order valence-corrected chi connectivity index (χ1v) is 12.9. The zero-order chi connectivity index (χ0) is 23.2. The Bertz CT molecular complexity index is 1140. The van der Waals surface area contributed by atoms with Crippen LogP contribution in [0.15, 0.2) is 60.7 Å². The summed E-state index contributed by atoms with van der Waals surface area (Å²) in [6, 6.07) is 19.9. The summed E-state index contributed by atoms with van der Waals surface area (Å²) in [5.74, 6) is 1.66. The van der Waals surface area contributed by atoms with Gasteiger partial charge >= 0.3 is 21.2 Å². The van der Waals surface area contributed by atoms with Gasteiger partial charge in [0.05, 0.1) is 25.6 Å². The topological polar surface area (TPSA) is 70.0 Å². The molecule has 0 fully saturated rings. The first-order chi connectivity index (χ1) is 16.0. The summed E-state index contributed by atoms with van der Waals surface area (Å²) in [6.45, 7) is 0. The lowest BCUT2D eigenvalue weighted by atomic mass is 10.1. The molecule has 0 aliphatic carbocycles. The van der Waals surface area contributed by atoms with E-state index >= 15 is 0 Å². The molecule has 6 nitrogen and oxygen atoms in total. The number of methoxy groups -OCH3 is 2. The first kappa shape index (κ1) is 23.7. The van der Waals surface area contributed by atoms with Crippen LogP contribution < -0.4 is 30.7 Å². The highest BCUT2D eigenvalue weighted by Gasteiger charge is 2.20. The van der Waals surface area contributed by atoms with Crippen LogP contribution in [-0.2, 0) is 12.8 Å². The Balaban J connectivity index is 1.57. The molecule has 0 amide bonds. The van der Waals surface area contributed by atoms with Crippen molar-refractivity contribution in [2.45, 2.75) is 12.8 Å². The van der Waals surface area contributed by atoms with Crippen LogP contribution >= 0.6 is 23.2 Å². The largest absolute Gasteiger partial charge is 0.496 e. The zero-order valence-electron chi connectivity index (χ0n) is 17.9. The van der Waals surface area contributed by atoms with E-state index in [0.29, 0.717) is 23.1 Å². The summed E-state index contributed by atoms with van der Waals surface area (Å²) in [6.07, 6.45) is 1.24. The monoisotopic (exact) mass is 593 g/mol. The molecular weight excluding hydrogens is 574 g/mol. The average Bonchev–Trinajstić information content (AvgIpc) is 2.82. The van der Waals surface area contributed by atoms with Gasteiger partial charge in [0.2, 0.25) is 0 Å². The van der Waals surface area contributed by atoms with Crippen LogP contribution in [0, 0.1) is 7.14 Å². The Morgan fingerprint density at radius 2 is 1.09 bits per heavy atom. The van der Waals surface area contributed by atoms with E-state index in [2.05, 4.69) is 44.7 Å². The molecule has 4 aromatic rings. The third-order valence-electron chi connectivity index (χ3n) is 4.82. The smallest absolute Gasteiger partial charge is 0.357 e. The van der Waals surface area contributed by atoms with E-state index in [4.69, 9.17) is 32.7 Å². The van der Waals surface area contributed by atoms with E-state index in [-0.39, 0.29) is 0 Å². The van der Waals surface area contributed by atoms with Gasteiger partial charge in [-0.1, -0.05) is 23.2 Å². The van der Waals surface area contributed by atoms with Gasteiger partial charge in [-0.25, -0.2) is 0 Å². The fraction of sp³-hybridized carbons (Fsp3) is 0.167. The Hall–Kier alpha value is -2.49. The molecular formula is C24H20Cl2IN4O2+. The van der Waals surface area contributed by atoms with Crippen molar-refractivity contribution >= 4 is 23.2 Å². The highest BCUT2D eigenvalue weighted by Crippen LogP contribution is 2.22. The average molecular weight is 594 g/mol. The van der Waals surface area contributed by atoms with E-state index in [1.54, 1.807) is 26.4 Å². The van der Waals surface area contributed by atoms with Crippen molar-refractivity contribution in [2.75, 3.05) is 14.2 Å². The van der Waals surface area contributed by atoms with Crippen molar-refractivity contribution in [2.24, 2.45) is 0 Å². The number of nitrogens with zero attached hydrogens (tertiary/aromatic N) is 4. The van der Waals surface area contributed by atoms with Crippen LogP contribution in [0.1, 0.15) is 22.5 Å². The van der Waals surface area contributed by atoms with E-state index in [1.165, 1.54) is 7.14 Å². The van der Waals surface area contributed by atoms with Crippen molar-refractivity contribution < 1.29 is 30.7 Å². The molecule has 2 aromatic carbocycles. The fourth-order valence-corrected chi connectivity index (χ4v) is 5.98. The predicted molar refractivity (Wildman–Crippen MR) is 123 cm³/mol. The minimum Gasteiger partial charge on any atom is -0.496 e. The normalized spacial score (nSPS) is 10.8.